The van der Waals surface area contributed by atoms with E-state index >= 15 is 0 Å². The molecule has 0 spiro atoms. The largest absolute Gasteiger partial charge is 0.493 e. The number of rotatable bonds is 3. The number of esters is 2. The molecule has 0 amide bonds. The van der Waals surface area contributed by atoms with E-state index in [2.05, 4.69) is 0 Å². The molecule has 23 heavy (non-hydrogen) atoms. The summed E-state index contributed by atoms with van der Waals surface area (Å²) in [6.45, 7) is 6.08. The quantitative estimate of drug-likeness (QED) is 0.485. The predicted octanol–water partition coefficient (Wildman–Crippen LogP) is 2.89. The second kappa shape index (κ2) is 5.98. The minimum Gasteiger partial charge on any atom is -0.493 e. The first-order chi connectivity index (χ1) is 10.7. The van der Waals surface area contributed by atoms with Crippen LogP contribution in [0.1, 0.15) is 31.9 Å². The van der Waals surface area contributed by atoms with Crippen molar-refractivity contribution in [3.63, 3.8) is 0 Å². The molecule has 7 heteroatoms. The van der Waals surface area contributed by atoms with Gasteiger partial charge >= 0.3 is 11.9 Å². The van der Waals surface area contributed by atoms with Crippen molar-refractivity contribution in [2.24, 2.45) is 0 Å². The molecule has 1 aromatic carbocycles. The Bertz CT molecular complexity index is 685. The zero-order valence-electron chi connectivity index (χ0n) is 13.2. The Morgan fingerprint density at radius 3 is 2.26 bits per heavy atom. The molecule has 0 atom stereocenters. The maximum Gasteiger partial charge on any atom is 0.348 e. The lowest BCUT2D eigenvalue weighted by Crippen LogP contribution is -2.41. The molecule has 0 aromatic heterocycles. The second-order valence-corrected chi connectivity index (χ2v) is 5.39. The molecule has 1 aliphatic heterocycles. The molecule has 1 aliphatic rings. The van der Waals surface area contributed by atoms with Crippen LogP contribution in [-0.2, 0) is 19.1 Å². The van der Waals surface area contributed by atoms with Crippen molar-refractivity contribution in [2.75, 3.05) is 6.61 Å². The van der Waals surface area contributed by atoms with Gasteiger partial charge in [0.2, 0.25) is 0 Å². The van der Waals surface area contributed by atoms with E-state index in [9.17, 15) is 18.4 Å². The average Bonchev–Trinajstić information content (AvgIpc) is 2.44. The van der Waals surface area contributed by atoms with Crippen LogP contribution in [0.5, 0.6) is 5.75 Å². The summed E-state index contributed by atoms with van der Waals surface area (Å²) >= 11 is 0. The van der Waals surface area contributed by atoms with Crippen molar-refractivity contribution in [2.45, 2.75) is 33.5 Å². The Morgan fingerprint density at radius 1 is 1.17 bits per heavy atom. The summed E-state index contributed by atoms with van der Waals surface area (Å²) < 4.78 is 43.0. The zero-order chi connectivity index (χ0) is 17.4. The van der Waals surface area contributed by atoms with Crippen molar-refractivity contribution < 1.29 is 32.6 Å². The van der Waals surface area contributed by atoms with Gasteiger partial charge in [0.15, 0.2) is 11.6 Å². The van der Waals surface area contributed by atoms with Gasteiger partial charge in [0.05, 0.1) is 6.61 Å². The van der Waals surface area contributed by atoms with Gasteiger partial charge in [-0.25, -0.2) is 18.4 Å². The summed E-state index contributed by atoms with van der Waals surface area (Å²) in [5, 5.41) is 0. The van der Waals surface area contributed by atoms with Gasteiger partial charge in [-0.05, 0) is 26.0 Å². The molecule has 0 unspecified atom stereocenters. The summed E-state index contributed by atoms with van der Waals surface area (Å²) in [7, 11) is 0. The first-order valence-electron chi connectivity index (χ1n) is 6.96. The van der Waals surface area contributed by atoms with E-state index in [0.717, 1.165) is 6.08 Å². The monoisotopic (exact) mass is 326 g/mol. The van der Waals surface area contributed by atoms with Crippen LogP contribution in [0.15, 0.2) is 11.6 Å². The maximum absolute atomic E-state index is 14.1. The van der Waals surface area contributed by atoms with E-state index in [1.165, 1.54) is 26.8 Å². The third-order valence-corrected chi connectivity index (χ3v) is 3.15. The predicted molar refractivity (Wildman–Crippen MR) is 76.5 cm³/mol. The van der Waals surface area contributed by atoms with Crippen molar-refractivity contribution in [3.8, 4) is 5.75 Å². The first-order valence-corrected chi connectivity index (χ1v) is 6.96. The number of cyclic esters (lactones) is 2. The summed E-state index contributed by atoms with van der Waals surface area (Å²) in [5.41, 5.74) is -0.824. The topological polar surface area (TPSA) is 61.8 Å². The lowest BCUT2D eigenvalue weighted by Gasteiger charge is -2.29. The summed E-state index contributed by atoms with van der Waals surface area (Å²) in [4.78, 5) is 23.7. The molecule has 0 saturated carbocycles. The SMILES string of the molecule is CCOc1cc(C=C2C(=O)OC(C)(C)OC2=O)c(F)c(F)c1C. The molecule has 0 bridgehead atoms. The lowest BCUT2D eigenvalue weighted by atomic mass is 10.1. The molecule has 0 radical (unpaired) electrons. The normalized spacial score (nSPS) is 16.7. The van der Waals surface area contributed by atoms with Crippen molar-refractivity contribution in [1.82, 2.24) is 0 Å². The van der Waals surface area contributed by atoms with Gasteiger partial charge in [0.25, 0.3) is 5.79 Å². The van der Waals surface area contributed by atoms with Crippen LogP contribution in [0.2, 0.25) is 0 Å². The lowest BCUT2D eigenvalue weighted by molar-refractivity contribution is -0.222. The van der Waals surface area contributed by atoms with E-state index < -0.39 is 34.9 Å². The number of halogens is 2. The molecule has 1 heterocycles. The highest BCUT2D eigenvalue weighted by Gasteiger charge is 2.39. The van der Waals surface area contributed by atoms with Crippen molar-refractivity contribution >= 4 is 18.0 Å². The highest BCUT2D eigenvalue weighted by molar-refractivity contribution is 6.18. The first kappa shape index (κ1) is 16.9. The van der Waals surface area contributed by atoms with E-state index in [-0.39, 0.29) is 23.5 Å². The second-order valence-electron chi connectivity index (χ2n) is 5.39. The smallest absolute Gasteiger partial charge is 0.348 e. The minimum atomic E-state index is -1.40. The molecule has 0 N–H and O–H groups in total. The van der Waals surface area contributed by atoms with Crippen LogP contribution in [0, 0.1) is 18.6 Å². The van der Waals surface area contributed by atoms with Gasteiger partial charge in [-0.3, -0.25) is 0 Å². The molecule has 124 valence electrons. The van der Waals surface area contributed by atoms with E-state index in [1.807, 2.05) is 0 Å². The van der Waals surface area contributed by atoms with Crippen molar-refractivity contribution in [1.29, 1.82) is 0 Å². The Kier molecular flexibility index (Phi) is 4.40. The van der Waals surface area contributed by atoms with Gasteiger partial charge in [0.1, 0.15) is 11.3 Å². The van der Waals surface area contributed by atoms with Crippen LogP contribution < -0.4 is 4.74 Å². The number of hydrogen-bond donors (Lipinski definition) is 0. The molecular formula is C16H16F2O5. The van der Waals surface area contributed by atoms with E-state index in [4.69, 9.17) is 14.2 Å². The Balaban J connectivity index is 2.50. The molecule has 1 fully saturated rings. The Labute approximate surface area is 131 Å². The highest BCUT2D eigenvalue weighted by atomic mass is 19.2. The van der Waals surface area contributed by atoms with E-state index in [0.29, 0.717) is 0 Å². The number of benzene rings is 1. The fourth-order valence-corrected chi connectivity index (χ4v) is 2.06. The number of carbonyl (C=O) groups excluding carboxylic acids is 2. The van der Waals surface area contributed by atoms with Gasteiger partial charge in [-0.2, -0.15) is 0 Å². The van der Waals surface area contributed by atoms with E-state index in [1.54, 1.807) is 6.92 Å². The van der Waals surface area contributed by atoms with Crippen LogP contribution in [-0.4, -0.2) is 24.3 Å². The third kappa shape index (κ3) is 3.33. The molecule has 5 nitrogen and oxygen atoms in total. The summed E-state index contributed by atoms with van der Waals surface area (Å²) in [6.07, 6.45) is 0.889. The number of hydrogen-bond acceptors (Lipinski definition) is 5. The van der Waals surface area contributed by atoms with Crippen LogP contribution in [0.3, 0.4) is 0 Å². The van der Waals surface area contributed by atoms with Gasteiger partial charge in [0, 0.05) is 25.0 Å². The van der Waals surface area contributed by atoms with Gasteiger partial charge in [-0.1, -0.05) is 0 Å². The zero-order valence-corrected chi connectivity index (χ0v) is 13.2. The van der Waals surface area contributed by atoms with Gasteiger partial charge in [-0.15, -0.1) is 0 Å². The van der Waals surface area contributed by atoms with Crippen LogP contribution >= 0.6 is 0 Å². The summed E-state index contributed by atoms with van der Waals surface area (Å²) in [6, 6.07) is 1.21. The fraction of sp³-hybridized carbons (Fsp3) is 0.375. The summed E-state index contributed by atoms with van der Waals surface area (Å²) in [5.74, 6) is -5.52. The molecule has 1 aromatic rings. The van der Waals surface area contributed by atoms with Crippen molar-refractivity contribution in [3.05, 3.63) is 34.4 Å². The fourth-order valence-electron chi connectivity index (χ4n) is 2.06. The maximum atomic E-state index is 14.1. The van der Waals surface area contributed by atoms with Gasteiger partial charge < -0.3 is 14.2 Å². The minimum absolute atomic E-state index is 0.00132. The third-order valence-electron chi connectivity index (χ3n) is 3.15. The Morgan fingerprint density at radius 2 is 1.74 bits per heavy atom. The standard InChI is InChI=1S/C16H16F2O5/c1-5-21-11-7-9(13(18)12(17)8(11)2)6-10-14(19)22-16(3,4)23-15(10)20/h6-7H,5H2,1-4H3. The average molecular weight is 326 g/mol. The van der Waals surface area contributed by atoms with Crippen LogP contribution in [0.4, 0.5) is 8.78 Å². The molecule has 1 saturated heterocycles. The highest BCUT2D eigenvalue weighted by Crippen LogP contribution is 2.30. The molecule has 0 aliphatic carbocycles. The molecular weight excluding hydrogens is 310 g/mol. The number of carbonyl (C=O) groups is 2. The Hall–Kier alpha value is -2.44. The van der Waals surface area contributed by atoms with Crippen LogP contribution in [0.25, 0.3) is 6.08 Å². The molecule has 2 rings (SSSR count). The number of ether oxygens (including phenoxy) is 3.